The third-order valence-electron chi connectivity index (χ3n) is 13.9. The lowest BCUT2D eigenvalue weighted by Crippen LogP contribution is -2.57. The Morgan fingerprint density at radius 2 is 1.60 bits per heavy atom. The molecule has 1 unspecified atom stereocenters. The number of anilines is 3. The number of aliphatic imine (C=N–C) groups is 1. The minimum atomic E-state index is -0.584. The average molecular weight is 1100 g/mol. The van der Waals surface area contributed by atoms with E-state index >= 15 is 4.39 Å². The first-order valence-electron chi connectivity index (χ1n) is 25.8. The van der Waals surface area contributed by atoms with Crippen molar-refractivity contribution in [2.45, 2.75) is 86.2 Å². The summed E-state index contributed by atoms with van der Waals surface area (Å²) in [7, 11) is 0. The van der Waals surface area contributed by atoms with E-state index < -0.39 is 17.3 Å². The van der Waals surface area contributed by atoms with Crippen molar-refractivity contribution in [2.24, 2.45) is 10.4 Å². The maximum Gasteiger partial charge on any atom is 0.355 e. The van der Waals surface area contributed by atoms with Crippen LogP contribution < -0.4 is 21.2 Å². The highest BCUT2D eigenvalue weighted by molar-refractivity contribution is 6.34. The number of aryl methyl sites for hydroxylation is 1. The van der Waals surface area contributed by atoms with E-state index in [1.807, 2.05) is 50.5 Å². The molecule has 16 nitrogen and oxygen atoms in total. The van der Waals surface area contributed by atoms with Crippen molar-refractivity contribution >= 4 is 69.2 Å². The number of hydrogen-bond acceptors (Lipinski definition) is 13. The van der Waals surface area contributed by atoms with Gasteiger partial charge in [-0.25, -0.2) is 33.1 Å². The van der Waals surface area contributed by atoms with Crippen LogP contribution in [0.1, 0.15) is 84.0 Å². The van der Waals surface area contributed by atoms with Crippen LogP contribution in [0.25, 0.3) is 39.2 Å². The van der Waals surface area contributed by atoms with E-state index in [-0.39, 0.29) is 69.3 Å². The Morgan fingerprint density at radius 1 is 0.910 bits per heavy atom. The Balaban J connectivity index is 0.000000207. The molecule has 9 rings (SSSR count). The molecule has 0 spiro atoms. The quantitative estimate of drug-likeness (QED) is 0.107. The Bertz CT molecular complexity index is 3480. The molecule has 0 radical (unpaired) electrons. The number of rotatable bonds is 9. The van der Waals surface area contributed by atoms with Gasteiger partial charge < -0.3 is 30.2 Å². The Hall–Kier alpha value is -7.75. The van der Waals surface area contributed by atoms with Gasteiger partial charge in [-0.2, -0.15) is 10.2 Å². The van der Waals surface area contributed by atoms with Gasteiger partial charge in [-0.15, -0.1) is 0 Å². The number of hydrogen-bond donors (Lipinski definition) is 1. The lowest BCUT2D eigenvalue weighted by molar-refractivity contribution is -0.135. The number of aromatic nitrogens is 5. The van der Waals surface area contributed by atoms with E-state index in [0.29, 0.717) is 114 Å². The fraction of sp³-hybridized carbons (Fsp3) is 0.362. The molecule has 3 aliphatic rings. The zero-order chi connectivity index (χ0) is 56.5. The molecule has 406 valence electrons. The number of carbonyl (C=O) groups excluding carboxylic acids is 2. The number of halogens is 4. The number of nitriles is 1. The van der Waals surface area contributed by atoms with E-state index in [1.165, 1.54) is 28.8 Å². The van der Waals surface area contributed by atoms with Crippen molar-refractivity contribution in [1.29, 1.82) is 5.26 Å². The van der Waals surface area contributed by atoms with Gasteiger partial charge in [0.25, 0.3) is 0 Å². The van der Waals surface area contributed by atoms with Gasteiger partial charge in [-0.05, 0) is 79.3 Å². The Kier molecular flexibility index (Phi) is 16.7. The van der Waals surface area contributed by atoms with Gasteiger partial charge in [-0.3, -0.25) is 14.6 Å². The van der Waals surface area contributed by atoms with Gasteiger partial charge in [0.1, 0.15) is 34.9 Å². The van der Waals surface area contributed by atoms with Crippen LogP contribution in [0.3, 0.4) is 0 Å². The number of fused-ring (bicyclic) bond motifs is 2. The first kappa shape index (κ1) is 56.5. The van der Waals surface area contributed by atoms with Crippen molar-refractivity contribution < 1.29 is 18.4 Å². The van der Waals surface area contributed by atoms with Crippen molar-refractivity contribution in [3.05, 3.63) is 141 Å². The first-order valence-corrected chi connectivity index (χ1v) is 26.6. The summed E-state index contributed by atoms with van der Waals surface area (Å²) in [5.41, 5.74) is 9.53. The van der Waals surface area contributed by atoms with Crippen LogP contribution in [-0.2, 0) is 9.59 Å². The standard InChI is InChI=1S/C30H31ClFN7O2.C28H32ClFN6O/c1-6-23(40)38-13-12-37(15-18(38)5)28-19-14-20(31)26(24-21(32)8-7-9-22(24)33)35-29(19)39(30(41)36-28)27-17(4)10-11-34-25(27)16(2)3;1-6-24(37)35-14-13-34(16-19(35)11-12-31)26-21-15-22(29)25(20-9-7-8-10-23(20)30)33-27(21)36(18(2)32-26)17-28(3,4)5/h6-11,14,16,18H,1,12-13,15,33H2,2-5H3;7-10,15,19H,2,6,11,13-14,16-17H2,1,3-5H3/t18-;/m1./s1. The number of piperazine rings is 2. The Labute approximate surface area is 463 Å². The van der Waals surface area contributed by atoms with Crippen LogP contribution in [0, 0.1) is 35.3 Å². The SMILES string of the molecule is C=C1N=C(N2CCN(C(=O)CC)C(CC#N)C2)c2cc(Cl)c(-c3ccccc3F)nc2N1CC(C)(C)C.C=CC(=O)N1CCN(c2nc(=O)n(-c3c(C)ccnc3C(C)C)c3nc(-c4c(N)cccc4F)c(Cl)cc23)C[C@H]1C. The van der Waals surface area contributed by atoms with Crippen LogP contribution >= 0.6 is 23.2 Å². The predicted molar refractivity (Wildman–Crippen MR) is 305 cm³/mol. The normalized spacial score (nSPS) is 16.6. The summed E-state index contributed by atoms with van der Waals surface area (Å²) in [6, 6.07) is 17.8. The summed E-state index contributed by atoms with van der Waals surface area (Å²) in [5, 5.41) is 10.4. The molecule has 4 aromatic heterocycles. The summed E-state index contributed by atoms with van der Waals surface area (Å²) in [6.07, 6.45) is 3.61. The fourth-order valence-corrected chi connectivity index (χ4v) is 10.7. The van der Waals surface area contributed by atoms with Crippen LogP contribution in [-0.4, -0.2) is 115 Å². The van der Waals surface area contributed by atoms with Gasteiger partial charge in [-0.1, -0.05) is 96.1 Å². The number of amides is 2. The molecule has 2 N–H and O–H groups in total. The summed E-state index contributed by atoms with van der Waals surface area (Å²) in [5.74, 6) is 1.03. The highest BCUT2D eigenvalue weighted by Gasteiger charge is 2.37. The second-order valence-electron chi connectivity index (χ2n) is 21.1. The van der Waals surface area contributed by atoms with Crippen LogP contribution in [0.2, 0.25) is 10.0 Å². The molecular weight excluding hydrogens is 1040 g/mol. The summed E-state index contributed by atoms with van der Waals surface area (Å²) in [4.78, 5) is 71.9. The van der Waals surface area contributed by atoms with Crippen molar-refractivity contribution in [3.8, 4) is 34.3 Å². The molecule has 2 fully saturated rings. The zero-order valence-electron chi connectivity index (χ0n) is 45.1. The molecule has 0 bridgehead atoms. The minimum Gasteiger partial charge on any atom is -0.398 e. The summed E-state index contributed by atoms with van der Waals surface area (Å²) in [6.45, 7) is 27.1. The summed E-state index contributed by atoms with van der Waals surface area (Å²) < 4.78 is 31.2. The molecule has 2 aromatic carbocycles. The number of benzene rings is 2. The topological polar surface area (TPSA) is 186 Å². The van der Waals surface area contributed by atoms with E-state index in [1.54, 1.807) is 52.4 Å². The number of amidine groups is 1. The molecule has 7 heterocycles. The van der Waals surface area contributed by atoms with Gasteiger partial charge in [0.2, 0.25) is 11.8 Å². The lowest BCUT2D eigenvalue weighted by Gasteiger charge is -2.44. The van der Waals surface area contributed by atoms with Crippen LogP contribution in [0.15, 0.2) is 102 Å². The van der Waals surface area contributed by atoms with E-state index in [2.05, 4.69) is 54.9 Å². The van der Waals surface area contributed by atoms with Gasteiger partial charge in [0.15, 0.2) is 5.65 Å². The molecule has 3 aliphatic heterocycles. The molecule has 6 aromatic rings. The zero-order valence-corrected chi connectivity index (χ0v) is 46.6. The predicted octanol–water partition coefficient (Wildman–Crippen LogP) is 10.3. The lowest BCUT2D eigenvalue weighted by atomic mass is 9.95. The van der Waals surface area contributed by atoms with E-state index in [0.717, 1.165) is 5.56 Å². The second kappa shape index (κ2) is 23.1. The number of pyridine rings is 3. The highest BCUT2D eigenvalue weighted by atomic mass is 35.5. The number of nitrogens with zero attached hydrogens (tertiary/aromatic N) is 12. The van der Waals surface area contributed by atoms with E-state index in [9.17, 15) is 24.0 Å². The molecule has 20 heteroatoms. The second-order valence-corrected chi connectivity index (χ2v) is 21.9. The average Bonchev–Trinajstić information content (AvgIpc) is 3.59. The minimum absolute atomic E-state index is 0.0168. The molecular formula is C58H63Cl2F2N13O3. The van der Waals surface area contributed by atoms with Crippen molar-refractivity contribution in [3.63, 3.8) is 0 Å². The first-order chi connectivity index (χ1) is 37.1. The summed E-state index contributed by atoms with van der Waals surface area (Å²) >= 11 is 13.5. The molecule has 78 heavy (non-hydrogen) atoms. The van der Waals surface area contributed by atoms with Crippen LogP contribution in [0.4, 0.5) is 26.1 Å². The maximum atomic E-state index is 15.1. The van der Waals surface area contributed by atoms with Gasteiger partial charge in [0.05, 0.1) is 67.9 Å². The maximum absolute atomic E-state index is 15.1. The third-order valence-corrected chi connectivity index (χ3v) is 14.5. The Morgan fingerprint density at radius 3 is 2.26 bits per heavy atom. The smallest absolute Gasteiger partial charge is 0.355 e. The molecule has 2 amide bonds. The number of carbonyl (C=O) groups is 2. The number of nitrogens with two attached hydrogens (primary N) is 1. The van der Waals surface area contributed by atoms with Gasteiger partial charge >= 0.3 is 5.69 Å². The van der Waals surface area contributed by atoms with Crippen molar-refractivity contribution in [1.82, 2.24) is 39.2 Å². The van der Waals surface area contributed by atoms with E-state index in [4.69, 9.17) is 43.9 Å². The monoisotopic (exact) mass is 1100 g/mol. The largest absolute Gasteiger partial charge is 0.398 e. The fourth-order valence-electron chi connectivity index (χ4n) is 10.2. The molecule has 2 saturated heterocycles. The van der Waals surface area contributed by atoms with Gasteiger partial charge in [0, 0.05) is 75.7 Å². The van der Waals surface area contributed by atoms with Crippen LogP contribution in [0.5, 0.6) is 0 Å². The molecule has 0 aliphatic carbocycles. The number of nitrogen functional groups attached to an aromatic ring is 1. The molecule has 0 saturated carbocycles. The third kappa shape index (κ3) is 11.3. The highest BCUT2D eigenvalue weighted by Crippen LogP contribution is 2.41. The molecule has 2 atom stereocenters. The van der Waals surface area contributed by atoms with Crippen molar-refractivity contribution in [2.75, 3.05) is 61.3 Å².